The van der Waals surface area contributed by atoms with Gasteiger partial charge in [-0.05, 0) is 24.1 Å². The predicted molar refractivity (Wildman–Crippen MR) is 110 cm³/mol. The van der Waals surface area contributed by atoms with E-state index in [1.165, 1.54) is 24.3 Å². The fraction of sp³-hybridized carbons (Fsp3) is 0.412. The van der Waals surface area contributed by atoms with E-state index in [9.17, 15) is 38.2 Å². The van der Waals surface area contributed by atoms with Gasteiger partial charge in [0.2, 0.25) is 0 Å². The van der Waals surface area contributed by atoms with Gasteiger partial charge in [0.15, 0.2) is 6.23 Å². The number of rotatable bonds is 9. The molecule has 3 rings (SSSR count). The summed E-state index contributed by atoms with van der Waals surface area (Å²) in [5.74, 6) is -0.446. The molecule has 1 fully saturated rings. The van der Waals surface area contributed by atoms with E-state index in [2.05, 4.69) is 8.83 Å². The van der Waals surface area contributed by atoms with Crippen molar-refractivity contribution in [3.8, 4) is 0 Å². The Morgan fingerprint density at radius 1 is 1.03 bits per heavy atom. The van der Waals surface area contributed by atoms with Crippen LogP contribution >= 0.6 is 15.6 Å². The van der Waals surface area contributed by atoms with Crippen LogP contribution in [0, 0.1) is 5.82 Å². The Morgan fingerprint density at radius 3 is 2.29 bits per heavy atom. The second-order valence-electron chi connectivity index (χ2n) is 7.25. The maximum absolute atomic E-state index is 13.0. The zero-order chi connectivity index (χ0) is 25.3. The maximum Gasteiger partial charge on any atom is 0.481 e. The monoisotopic (exact) mass is 526 g/mol. The second-order valence-corrected chi connectivity index (χ2v) is 10.1. The van der Waals surface area contributed by atoms with Crippen molar-refractivity contribution in [2.24, 2.45) is 0 Å². The summed E-state index contributed by atoms with van der Waals surface area (Å²) in [5.41, 5.74) is -0.906. The summed E-state index contributed by atoms with van der Waals surface area (Å²) in [6.45, 7) is -1.03. The number of ether oxygens (including phenoxy) is 1. The van der Waals surface area contributed by atoms with E-state index < -0.39 is 63.9 Å². The lowest BCUT2D eigenvalue weighted by molar-refractivity contribution is -0.0548. The van der Waals surface area contributed by atoms with Crippen LogP contribution < -0.4 is 11.2 Å². The van der Waals surface area contributed by atoms with E-state index in [-0.39, 0.29) is 13.0 Å². The van der Waals surface area contributed by atoms with Crippen LogP contribution in [0.1, 0.15) is 11.8 Å². The molecule has 17 heteroatoms. The first-order chi connectivity index (χ1) is 15.8. The Hall–Kier alpha value is -2.03. The van der Waals surface area contributed by atoms with Crippen molar-refractivity contribution in [2.45, 2.75) is 37.5 Å². The molecule has 0 amide bonds. The minimum atomic E-state index is -5.37. The molecule has 14 nitrogen and oxygen atoms in total. The molecule has 1 aromatic carbocycles. The third-order valence-corrected chi connectivity index (χ3v) is 7.01. The summed E-state index contributed by atoms with van der Waals surface area (Å²) in [7, 11) is -10.6. The van der Waals surface area contributed by atoms with Crippen LogP contribution in [0.3, 0.4) is 0 Å². The molecule has 1 aliphatic rings. The fourth-order valence-corrected chi connectivity index (χ4v) is 4.84. The summed E-state index contributed by atoms with van der Waals surface area (Å²) in [4.78, 5) is 51.6. The molecular formula is C17H21FN2O12P2. The largest absolute Gasteiger partial charge is 0.481 e. The number of aliphatic hydroxyl groups is 2. The minimum Gasteiger partial charge on any atom is -0.387 e. The molecule has 0 saturated carbocycles. The fourth-order valence-electron chi connectivity index (χ4n) is 3.25. The molecule has 2 heterocycles. The van der Waals surface area contributed by atoms with E-state index in [0.717, 1.165) is 21.4 Å². The highest BCUT2D eigenvalue weighted by Gasteiger charge is 2.45. The highest BCUT2D eigenvalue weighted by Crippen LogP contribution is 2.57. The number of nitrogens with zero attached hydrogens (tertiary/aromatic N) is 2. The van der Waals surface area contributed by atoms with E-state index in [4.69, 9.17) is 14.5 Å². The van der Waals surface area contributed by atoms with Gasteiger partial charge in [0.25, 0.3) is 5.56 Å². The lowest BCUT2D eigenvalue weighted by Crippen LogP contribution is -2.43. The first kappa shape index (κ1) is 26.6. The molecule has 0 spiro atoms. The summed E-state index contributed by atoms with van der Waals surface area (Å²) in [5, 5.41) is 20.5. The molecule has 1 saturated heterocycles. The number of aromatic nitrogens is 2. The summed E-state index contributed by atoms with van der Waals surface area (Å²) in [6, 6.07) is 6.45. The molecule has 1 aromatic heterocycles. The van der Waals surface area contributed by atoms with Crippen LogP contribution in [-0.2, 0) is 35.7 Å². The van der Waals surface area contributed by atoms with Gasteiger partial charge >= 0.3 is 21.3 Å². The van der Waals surface area contributed by atoms with Gasteiger partial charge in [0.1, 0.15) is 24.1 Å². The quantitative estimate of drug-likeness (QED) is 0.256. The molecule has 5 atom stereocenters. The van der Waals surface area contributed by atoms with Crippen LogP contribution in [0.15, 0.2) is 46.1 Å². The van der Waals surface area contributed by atoms with E-state index in [1.54, 1.807) is 0 Å². The Morgan fingerprint density at radius 2 is 1.68 bits per heavy atom. The molecule has 0 aliphatic carbocycles. The van der Waals surface area contributed by atoms with Gasteiger partial charge in [0, 0.05) is 18.8 Å². The molecule has 188 valence electrons. The summed E-state index contributed by atoms with van der Waals surface area (Å²) >= 11 is 0. The van der Waals surface area contributed by atoms with Crippen LogP contribution in [0.4, 0.5) is 4.39 Å². The number of phosphoric ester groups is 1. The number of phosphoric acid groups is 2. The molecule has 0 bridgehead atoms. The number of aliphatic hydroxyl groups excluding tert-OH is 2. The number of halogens is 1. The third kappa shape index (κ3) is 6.55. The standard InChI is InChI=1S/C17H21FN2O12P2/c18-11-3-1-10(2-4-11)5-7-19-13(21)6-8-20(17(19)24)16-15(23)14(22)12(31-16)9-30-34(28,29)32-33(25,26)27/h1-4,6,8,12,14-16,22-23H,5,7,9H2,(H,28,29)(H2,25,26,27)/t12-,14+,15+,16-/m1/s1. The van der Waals surface area contributed by atoms with Crippen molar-refractivity contribution in [3.63, 3.8) is 0 Å². The topological polar surface area (TPSA) is 207 Å². The average molecular weight is 526 g/mol. The predicted octanol–water partition coefficient (Wildman–Crippen LogP) is -0.763. The van der Waals surface area contributed by atoms with Gasteiger partial charge < -0.3 is 29.6 Å². The van der Waals surface area contributed by atoms with Crippen molar-refractivity contribution in [1.29, 1.82) is 0 Å². The molecule has 1 aliphatic heterocycles. The Bertz CT molecular complexity index is 1230. The minimum absolute atomic E-state index is 0.0878. The van der Waals surface area contributed by atoms with Crippen molar-refractivity contribution in [1.82, 2.24) is 9.13 Å². The van der Waals surface area contributed by atoms with Crippen molar-refractivity contribution in [2.75, 3.05) is 6.61 Å². The van der Waals surface area contributed by atoms with Crippen LogP contribution in [-0.4, -0.2) is 58.9 Å². The van der Waals surface area contributed by atoms with E-state index >= 15 is 0 Å². The van der Waals surface area contributed by atoms with E-state index in [0.29, 0.717) is 5.56 Å². The number of hydrogen-bond donors (Lipinski definition) is 5. The van der Waals surface area contributed by atoms with Crippen molar-refractivity contribution in [3.05, 3.63) is 68.7 Å². The van der Waals surface area contributed by atoms with Gasteiger partial charge in [-0.2, -0.15) is 4.31 Å². The normalized spacial score (nSPS) is 24.8. The van der Waals surface area contributed by atoms with Gasteiger partial charge in [0.05, 0.1) is 6.61 Å². The van der Waals surface area contributed by atoms with E-state index in [1.807, 2.05) is 0 Å². The smallest absolute Gasteiger partial charge is 0.387 e. The van der Waals surface area contributed by atoms with Crippen molar-refractivity contribution < 1.29 is 52.0 Å². The molecule has 0 radical (unpaired) electrons. The number of benzene rings is 1. The van der Waals surface area contributed by atoms with Gasteiger partial charge in [-0.1, -0.05) is 12.1 Å². The SMILES string of the molecule is O=c1ccn([C@@H]2O[C@H](COP(=O)(O)OP(=O)(O)O)[C@H](O)[C@@H]2O)c(=O)n1CCc1ccc(F)cc1. The van der Waals surface area contributed by atoms with Crippen LogP contribution in [0.5, 0.6) is 0 Å². The molecule has 1 unspecified atom stereocenters. The number of hydrogen-bond acceptors (Lipinski definition) is 9. The highest BCUT2D eigenvalue weighted by molar-refractivity contribution is 7.60. The van der Waals surface area contributed by atoms with Crippen LogP contribution in [0.2, 0.25) is 0 Å². The first-order valence-corrected chi connectivity index (χ1v) is 12.6. The third-order valence-electron chi connectivity index (χ3n) is 4.86. The molecular weight excluding hydrogens is 505 g/mol. The summed E-state index contributed by atoms with van der Waals surface area (Å²) < 4.78 is 50.4. The van der Waals surface area contributed by atoms with Gasteiger partial charge in [-0.3, -0.25) is 18.5 Å². The van der Waals surface area contributed by atoms with Gasteiger partial charge in [-0.15, -0.1) is 0 Å². The van der Waals surface area contributed by atoms with Crippen molar-refractivity contribution >= 4 is 15.6 Å². The molecule has 5 N–H and O–H groups in total. The lowest BCUT2D eigenvalue weighted by Gasteiger charge is -2.19. The first-order valence-electron chi connectivity index (χ1n) is 9.60. The number of aryl methyl sites for hydroxylation is 1. The molecule has 34 heavy (non-hydrogen) atoms. The Labute approximate surface area is 190 Å². The van der Waals surface area contributed by atoms with Crippen LogP contribution in [0.25, 0.3) is 0 Å². The maximum atomic E-state index is 13.0. The average Bonchev–Trinajstić information content (AvgIpc) is 3.00. The zero-order valence-corrected chi connectivity index (χ0v) is 18.9. The lowest BCUT2D eigenvalue weighted by atomic mass is 10.1. The zero-order valence-electron chi connectivity index (χ0n) is 17.2. The summed E-state index contributed by atoms with van der Waals surface area (Å²) in [6.07, 6.45) is -5.29. The molecule has 2 aromatic rings. The highest BCUT2D eigenvalue weighted by atomic mass is 31.3. The second kappa shape index (κ2) is 10.3. The van der Waals surface area contributed by atoms with Gasteiger partial charge in [-0.25, -0.2) is 18.3 Å². The Kier molecular flexibility index (Phi) is 8.05. The Balaban J connectivity index is 1.75.